The lowest BCUT2D eigenvalue weighted by Crippen LogP contribution is -2.42. The molecule has 1 saturated heterocycles. The highest BCUT2D eigenvalue weighted by Crippen LogP contribution is 2.16. The van der Waals surface area contributed by atoms with Crippen LogP contribution in [0.4, 0.5) is 0 Å². The number of carbonyl (C=O) groups excluding carboxylic acids is 1. The van der Waals surface area contributed by atoms with Crippen molar-refractivity contribution in [3.63, 3.8) is 0 Å². The third kappa shape index (κ3) is 4.36. The first-order valence-corrected chi connectivity index (χ1v) is 11.6. The molecule has 1 amide bonds. The zero-order chi connectivity index (χ0) is 22.0. The lowest BCUT2D eigenvalue weighted by molar-refractivity contribution is -0.128. The molecular formula is C22H18ClN3O3S2. The highest BCUT2D eigenvalue weighted by Gasteiger charge is 2.24. The van der Waals surface area contributed by atoms with Crippen LogP contribution in [0, 0.1) is 18.3 Å². The molecule has 0 spiro atoms. The standard InChI is InChI=1S/C22H18ClN3O3S2/c1-14-6-11-30-18(14)12-19-21(28)26(16-4-2-15(23)3-5-16)22(31-19)17(13-24)20(27)25-7-9-29-10-8-25/h2-6,11-12H,7-10H2,1H3/b19-12-,22-17-. The summed E-state index contributed by atoms with van der Waals surface area (Å²) in [6.07, 6.45) is 1.82. The Morgan fingerprint density at radius 1 is 1.23 bits per heavy atom. The first kappa shape index (κ1) is 21.5. The second-order valence-corrected chi connectivity index (χ2v) is 9.31. The van der Waals surface area contributed by atoms with Crippen molar-refractivity contribution in [3.8, 4) is 11.8 Å². The number of nitriles is 1. The van der Waals surface area contributed by atoms with E-state index in [1.165, 1.54) is 15.9 Å². The molecule has 0 N–H and O–H groups in total. The van der Waals surface area contributed by atoms with Crippen LogP contribution >= 0.6 is 34.3 Å². The van der Waals surface area contributed by atoms with E-state index in [0.29, 0.717) is 46.2 Å². The molecule has 4 rings (SSSR count). The van der Waals surface area contributed by atoms with Gasteiger partial charge in [0.2, 0.25) is 0 Å². The number of amides is 1. The molecule has 0 atom stereocenters. The van der Waals surface area contributed by atoms with Crippen LogP contribution in [0.3, 0.4) is 0 Å². The van der Waals surface area contributed by atoms with Gasteiger partial charge in [-0.25, -0.2) is 0 Å². The van der Waals surface area contributed by atoms with Crippen LogP contribution in [0.1, 0.15) is 10.4 Å². The summed E-state index contributed by atoms with van der Waals surface area (Å²) in [6.45, 7) is 3.65. The number of aryl methyl sites for hydroxylation is 1. The van der Waals surface area contributed by atoms with Crippen LogP contribution in [0.25, 0.3) is 17.3 Å². The highest BCUT2D eigenvalue weighted by atomic mass is 35.5. The second kappa shape index (κ2) is 9.20. The number of benzene rings is 1. The van der Waals surface area contributed by atoms with Crippen LogP contribution < -0.4 is 14.8 Å². The molecule has 2 aromatic heterocycles. The lowest BCUT2D eigenvalue weighted by Gasteiger charge is -2.26. The molecular weight excluding hydrogens is 454 g/mol. The van der Waals surface area contributed by atoms with Gasteiger partial charge in [-0.3, -0.25) is 14.2 Å². The number of hydrogen-bond donors (Lipinski definition) is 0. The zero-order valence-corrected chi connectivity index (χ0v) is 19.0. The van der Waals surface area contributed by atoms with Gasteiger partial charge in [-0.1, -0.05) is 11.6 Å². The van der Waals surface area contributed by atoms with Gasteiger partial charge in [0, 0.05) is 23.0 Å². The van der Waals surface area contributed by atoms with Gasteiger partial charge >= 0.3 is 0 Å². The molecule has 3 aromatic rings. The number of aromatic nitrogens is 1. The molecule has 0 bridgehead atoms. The number of rotatable bonds is 3. The van der Waals surface area contributed by atoms with Crippen molar-refractivity contribution in [2.75, 3.05) is 26.3 Å². The van der Waals surface area contributed by atoms with E-state index >= 15 is 0 Å². The number of nitrogens with zero attached hydrogens (tertiary/aromatic N) is 3. The van der Waals surface area contributed by atoms with Crippen LogP contribution in [0.2, 0.25) is 5.02 Å². The maximum absolute atomic E-state index is 13.4. The molecule has 0 unspecified atom stereocenters. The molecule has 6 nitrogen and oxygen atoms in total. The Bertz CT molecular complexity index is 1340. The molecule has 1 aliphatic rings. The van der Waals surface area contributed by atoms with E-state index in [9.17, 15) is 14.9 Å². The Labute approximate surface area is 191 Å². The van der Waals surface area contributed by atoms with Gasteiger partial charge in [-0.2, -0.15) is 5.26 Å². The fourth-order valence-electron chi connectivity index (χ4n) is 3.24. The van der Waals surface area contributed by atoms with Crippen LogP contribution in [0.15, 0.2) is 40.5 Å². The predicted octanol–water partition coefficient (Wildman–Crippen LogP) is 2.28. The van der Waals surface area contributed by atoms with Gasteiger partial charge in [0.25, 0.3) is 11.5 Å². The van der Waals surface area contributed by atoms with Crippen LogP contribution in [0.5, 0.6) is 0 Å². The monoisotopic (exact) mass is 471 g/mol. The van der Waals surface area contributed by atoms with Gasteiger partial charge in [-0.15, -0.1) is 22.7 Å². The molecule has 158 valence electrons. The molecule has 0 radical (unpaired) electrons. The van der Waals surface area contributed by atoms with Crippen molar-refractivity contribution < 1.29 is 9.53 Å². The van der Waals surface area contributed by atoms with Crippen LogP contribution in [-0.4, -0.2) is 41.7 Å². The van der Waals surface area contributed by atoms with Crippen molar-refractivity contribution in [1.29, 1.82) is 5.26 Å². The smallest absolute Gasteiger partial charge is 0.273 e. The van der Waals surface area contributed by atoms with E-state index in [-0.39, 0.29) is 11.1 Å². The number of thiazole rings is 1. The summed E-state index contributed by atoms with van der Waals surface area (Å²) in [7, 11) is 0. The Morgan fingerprint density at radius 2 is 1.94 bits per heavy atom. The summed E-state index contributed by atoms with van der Waals surface area (Å²) in [5.74, 6) is -0.395. The van der Waals surface area contributed by atoms with Crippen molar-refractivity contribution in [3.05, 3.63) is 70.7 Å². The average Bonchev–Trinajstić information content (AvgIpc) is 3.33. The van der Waals surface area contributed by atoms with Gasteiger partial charge < -0.3 is 9.64 Å². The summed E-state index contributed by atoms with van der Waals surface area (Å²) >= 11 is 8.70. The third-order valence-corrected chi connectivity index (χ3v) is 7.22. The quantitative estimate of drug-likeness (QED) is 0.587. The van der Waals surface area contributed by atoms with E-state index in [1.54, 1.807) is 29.2 Å². The summed E-state index contributed by atoms with van der Waals surface area (Å²) in [4.78, 5) is 29.1. The maximum atomic E-state index is 13.4. The highest BCUT2D eigenvalue weighted by molar-refractivity contribution is 7.11. The molecule has 1 fully saturated rings. The lowest BCUT2D eigenvalue weighted by atomic mass is 10.2. The molecule has 1 aromatic carbocycles. The van der Waals surface area contributed by atoms with Gasteiger partial charge in [0.05, 0.1) is 23.4 Å². The summed E-state index contributed by atoms with van der Waals surface area (Å²) < 4.78 is 7.50. The zero-order valence-electron chi connectivity index (χ0n) is 16.6. The Hall–Kier alpha value is -2.70. The Balaban J connectivity index is 2.00. The SMILES string of the molecule is Cc1ccsc1/C=c1\s/c(=C(/C#N)C(=O)N2CCOCC2)n(-c2ccc(Cl)cc2)c1=O. The Kier molecular flexibility index (Phi) is 6.39. The topological polar surface area (TPSA) is 75.3 Å². The molecule has 1 aliphatic heterocycles. The summed E-state index contributed by atoms with van der Waals surface area (Å²) in [6, 6.07) is 10.8. The minimum atomic E-state index is -0.395. The molecule has 9 heteroatoms. The van der Waals surface area contributed by atoms with Crippen LogP contribution in [-0.2, 0) is 9.53 Å². The number of halogens is 1. The number of ether oxygens (including phenoxy) is 1. The fraction of sp³-hybridized carbons (Fsp3) is 0.227. The second-order valence-electron chi connectivity index (χ2n) is 6.89. The average molecular weight is 472 g/mol. The largest absolute Gasteiger partial charge is 0.378 e. The van der Waals surface area contributed by atoms with E-state index in [1.807, 2.05) is 30.5 Å². The third-order valence-electron chi connectivity index (χ3n) is 4.91. The first-order chi connectivity index (χ1) is 15.0. The van der Waals surface area contributed by atoms with Crippen molar-refractivity contribution in [1.82, 2.24) is 9.47 Å². The predicted molar refractivity (Wildman–Crippen MR) is 123 cm³/mol. The normalized spacial score (nSPS) is 15.6. The minimum Gasteiger partial charge on any atom is -0.378 e. The van der Waals surface area contributed by atoms with E-state index in [2.05, 4.69) is 0 Å². The summed E-state index contributed by atoms with van der Waals surface area (Å²) in [5.41, 5.74) is 1.27. The van der Waals surface area contributed by atoms with Crippen molar-refractivity contribution in [2.24, 2.45) is 0 Å². The Morgan fingerprint density at radius 3 is 2.55 bits per heavy atom. The van der Waals surface area contributed by atoms with E-state index < -0.39 is 5.91 Å². The van der Waals surface area contributed by atoms with Gasteiger partial charge in [0.15, 0.2) is 5.57 Å². The number of carbonyl (C=O) groups is 1. The van der Waals surface area contributed by atoms with Crippen molar-refractivity contribution >= 4 is 51.8 Å². The number of hydrogen-bond acceptors (Lipinski definition) is 6. The maximum Gasteiger partial charge on any atom is 0.273 e. The van der Waals surface area contributed by atoms with Gasteiger partial charge in [0.1, 0.15) is 10.7 Å². The molecule has 0 aliphatic carbocycles. The van der Waals surface area contributed by atoms with E-state index in [0.717, 1.165) is 21.8 Å². The van der Waals surface area contributed by atoms with Crippen molar-refractivity contribution in [2.45, 2.75) is 6.92 Å². The van der Waals surface area contributed by atoms with E-state index in [4.69, 9.17) is 16.3 Å². The summed E-state index contributed by atoms with van der Waals surface area (Å²) in [5, 5.41) is 12.4. The van der Waals surface area contributed by atoms with Gasteiger partial charge in [-0.05, 0) is 54.3 Å². The number of morpholine rings is 1. The molecule has 0 saturated carbocycles. The molecule has 31 heavy (non-hydrogen) atoms. The minimum absolute atomic E-state index is 0.0542. The fourth-order valence-corrected chi connectivity index (χ4v) is 5.38. The number of thiophene rings is 1. The molecule has 3 heterocycles. The first-order valence-electron chi connectivity index (χ1n) is 9.54.